The number of aromatic nitrogens is 3. The Bertz CT molecular complexity index is 996. The van der Waals surface area contributed by atoms with E-state index in [1.807, 2.05) is 36.5 Å². The summed E-state index contributed by atoms with van der Waals surface area (Å²) in [6, 6.07) is 14.1. The second-order valence-corrected chi connectivity index (χ2v) is 6.92. The van der Waals surface area contributed by atoms with E-state index < -0.39 is 0 Å². The largest absolute Gasteiger partial charge is 0.384 e. The minimum Gasteiger partial charge on any atom is -0.384 e. The lowest BCUT2D eigenvalue weighted by Gasteiger charge is -2.24. The van der Waals surface area contributed by atoms with Gasteiger partial charge in [0.2, 0.25) is 0 Å². The van der Waals surface area contributed by atoms with Crippen LogP contribution < -0.4 is 16.0 Å². The first-order valence-corrected chi connectivity index (χ1v) is 9.92. The minimum atomic E-state index is 0.222. The summed E-state index contributed by atoms with van der Waals surface area (Å²) in [6.07, 6.45) is 5.92. The predicted molar refractivity (Wildman–Crippen MR) is 115 cm³/mol. The van der Waals surface area contributed by atoms with E-state index in [4.69, 9.17) is 10.00 Å². The lowest BCUT2D eigenvalue weighted by atomic mass is 10.1. The fourth-order valence-electron chi connectivity index (χ4n) is 3.27. The van der Waals surface area contributed by atoms with Crippen LogP contribution in [0.3, 0.4) is 0 Å². The number of nitrogens with one attached hydrogen (secondary N) is 3. The van der Waals surface area contributed by atoms with Gasteiger partial charge in [0.05, 0.1) is 25.1 Å². The van der Waals surface area contributed by atoms with Crippen molar-refractivity contribution < 1.29 is 4.74 Å². The van der Waals surface area contributed by atoms with Gasteiger partial charge in [0.25, 0.3) is 0 Å². The highest BCUT2D eigenvalue weighted by Crippen LogP contribution is 2.30. The number of hydrogen-bond donors (Lipinski definition) is 3. The summed E-state index contributed by atoms with van der Waals surface area (Å²) in [5.74, 6) is 1.17. The number of hydrogen-bond acceptors (Lipinski definition) is 8. The number of rotatable bonds is 7. The molecule has 30 heavy (non-hydrogen) atoms. The average Bonchev–Trinajstić information content (AvgIpc) is 2.81. The SMILES string of the molecule is N#Cc1cnc(Nc2cc(NCCC3CNCCO3)c(-c3ccccc3)cn2)cn1. The van der Waals surface area contributed by atoms with Crippen molar-refractivity contribution in [2.45, 2.75) is 12.5 Å². The maximum atomic E-state index is 8.86. The molecule has 0 radical (unpaired) electrons. The van der Waals surface area contributed by atoms with Crippen molar-refractivity contribution in [3.63, 3.8) is 0 Å². The Morgan fingerprint density at radius 1 is 1.10 bits per heavy atom. The summed E-state index contributed by atoms with van der Waals surface area (Å²) >= 11 is 0. The Labute approximate surface area is 175 Å². The standard InChI is InChI=1S/C22H23N7O/c23-11-17-12-27-22(15-26-17)29-21-10-20(25-7-6-18-13-24-8-9-30-18)19(14-28-21)16-4-2-1-3-5-16/h1-5,10,12,14-15,18,24H,6-9,13H2,(H2,25,27,28,29). The monoisotopic (exact) mass is 401 g/mol. The summed E-state index contributed by atoms with van der Waals surface area (Å²) in [5, 5.41) is 18.9. The van der Waals surface area contributed by atoms with Crippen LogP contribution in [0.25, 0.3) is 11.1 Å². The van der Waals surface area contributed by atoms with Crippen molar-refractivity contribution in [3.05, 3.63) is 60.7 Å². The highest BCUT2D eigenvalue weighted by molar-refractivity contribution is 5.79. The molecule has 8 heteroatoms. The molecule has 2 aromatic heterocycles. The summed E-state index contributed by atoms with van der Waals surface area (Å²) < 4.78 is 5.79. The van der Waals surface area contributed by atoms with Crippen LogP contribution in [0.2, 0.25) is 0 Å². The van der Waals surface area contributed by atoms with Crippen LogP contribution in [0, 0.1) is 11.3 Å². The van der Waals surface area contributed by atoms with Gasteiger partial charge in [-0.15, -0.1) is 0 Å². The van der Waals surface area contributed by atoms with Crippen LogP contribution >= 0.6 is 0 Å². The third-order valence-electron chi connectivity index (χ3n) is 4.80. The van der Waals surface area contributed by atoms with E-state index in [1.165, 1.54) is 12.4 Å². The minimum absolute atomic E-state index is 0.222. The maximum absolute atomic E-state index is 8.86. The Balaban J connectivity index is 1.52. The molecule has 0 bridgehead atoms. The molecule has 1 saturated heterocycles. The molecule has 8 nitrogen and oxygen atoms in total. The molecule has 0 aliphatic carbocycles. The predicted octanol–water partition coefficient (Wildman–Crippen LogP) is 2.94. The summed E-state index contributed by atoms with van der Waals surface area (Å²) in [6.45, 7) is 3.34. The molecule has 4 rings (SSSR count). The van der Waals surface area contributed by atoms with Gasteiger partial charge in [-0.1, -0.05) is 30.3 Å². The fraction of sp³-hybridized carbons (Fsp3) is 0.273. The first-order chi connectivity index (χ1) is 14.8. The number of ether oxygens (including phenoxy) is 1. The topological polar surface area (TPSA) is 108 Å². The molecule has 1 atom stereocenters. The molecule has 1 aromatic carbocycles. The van der Waals surface area contributed by atoms with Crippen molar-refractivity contribution >= 4 is 17.3 Å². The number of pyridine rings is 1. The van der Waals surface area contributed by atoms with E-state index in [9.17, 15) is 0 Å². The van der Waals surface area contributed by atoms with Gasteiger partial charge in [-0.3, -0.25) is 0 Å². The lowest BCUT2D eigenvalue weighted by molar-refractivity contribution is 0.0258. The van der Waals surface area contributed by atoms with Gasteiger partial charge in [-0.2, -0.15) is 5.26 Å². The van der Waals surface area contributed by atoms with Crippen LogP contribution in [0.15, 0.2) is 55.0 Å². The van der Waals surface area contributed by atoms with Crippen LogP contribution in [0.4, 0.5) is 17.3 Å². The molecule has 3 N–H and O–H groups in total. The van der Waals surface area contributed by atoms with Crippen LogP contribution in [-0.2, 0) is 4.74 Å². The Hall–Kier alpha value is -3.54. The number of nitriles is 1. The summed E-state index contributed by atoms with van der Waals surface area (Å²) in [7, 11) is 0. The third-order valence-corrected chi connectivity index (χ3v) is 4.80. The highest BCUT2D eigenvalue weighted by Gasteiger charge is 2.14. The van der Waals surface area contributed by atoms with E-state index in [1.54, 1.807) is 0 Å². The van der Waals surface area contributed by atoms with E-state index in [2.05, 4.69) is 43.0 Å². The molecular formula is C22H23N7O. The molecule has 3 heterocycles. The van der Waals surface area contributed by atoms with Gasteiger partial charge in [-0.05, 0) is 12.0 Å². The molecule has 0 amide bonds. The summed E-state index contributed by atoms with van der Waals surface area (Å²) in [5.41, 5.74) is 3.36. The molecule has 0 saturated carbocycles. The molecule has 3 aromatic rings. The smallest absolute Gasteiger partial charge is 0.158 e. The average molecular weight is 401 g/mol. The van der Waals surface area contributed by atoms with Crippen molar-refractivity contribution in [2.24, 2.45) is 0 Å². The van der Waals surface area contributed by atoms with E-state index in [0.29, 0.717) is 11.6 Å². The normalized spacial score (nSPS) is 15.9. The maximum Gasteiger partial charge on any atom is 0.158 e. The van der Waals surface area contributed by atoms with Gasteiger partial charge in [0, 0.05) is 43.1 Å². The second kappa shape index (κ2) is 9.78. The Kier molecular flexibility index (Phi) is 6.44. The van der Waals surface area contributed by atoms with Crippen molar-refractivity contribution in [2.75, 3.05) is 36.9 Å². The zero-order chi connectivity index (χ0) is 20.6. The van der Waals surface area contributed by atoms with Crippen molar-refractivity contribution in [1.29, 1.82) is 5.26 Å². The lowest BCUT2D eigenvalue weighted by Crippen LogP contribution is -2.39. The number of morpholine rings is 1. The van der Waals surface area contributed by atoms with Crippen molar-refractivity contribution in [3.8, 4) is 17.2 Å². The van der Waals surface area contributed by atoms with E-state index in [-0.39, 0.29) is 11.8 Å². The molecular weight excluding hydrogens is 378 g/mol. The third kappa shape index (κ3) is 5.08. The van der Waals surface area contributed by atoms with Gasteiger partial charge in [0.1, 0.15) is 17.7 Å². The van der Waals surface area contributed by atoms with E-state index >= 15 is 0 Å². The first kappa shape index (κ1) is 19.8. The number of benzene rings is 1. The molecule has 1 aliphatic rings. The first-order valence-electron chi connectivity index (χ1n) is 9.92. The van der Waals surface area contributed by atoms with Gasteiger partial charge >= 0.3 is 0 Å². The van der Waals surface area contributed by atoms with Crippen LogP contribution in [0.1, 0.15) is 12.1 Å². The highest BCUT2D eigenvalue weighted by atomic mass is 16.5. The van der Waals surface area contributed by atoms with Crippen LogP contribution in [0.5, 0.6) is 0 Å². The van der Waals surface area contributed by atoms with E-state index in [0.717, 1.165) is 49.5 Å². The van der Waals surface area contributed by atoms with Crippen molar-refractivity contribution in [1.82, 2.24) is 20.3 Å². The van der Waals surface area contributed by atoms with Gasteiger partial charge < -0.3 is 20.7 Å². The fourth-order valence-corrected chi connectivity index (χ4v) is 3.27. The molecule has 1 aliphatic heterocycles. The van der Waals surface area contributed by atoms with Gasteiger partial charge in [-0.25, -0.2) is 15.0 Å². The zero-order valence-corrected chi connectivity index (χ0v) is 16.5. The van der Waals surface area contributed by atoms with Crippen LogP contribution in [-0.4, -0.2) is 47.3 Å². The Morgan fingerprint density at radius 3 is 2.70 bits per heavy atom. The zero-order valence-electron chi connectivity index (χ0n) is 16.5. The molecule has 152 valence electrons. The van der Waals surface area contributed by atoms with Gasteiger partial charge in [0.15, 0.2) is 5.69 Å². The molecule has 1 unspecified atom stereocenters. The quantitative estimate of drug-likeness (QED) is 0.555. The Morgan fingerprint density at radius 2 is 1.97 bits per heavy atom. The second-order valence-electron chi connectivity index (χ2n) is 6.92. The molecule has 1 fully saturated rings. The molecule has 0 spiro atoms. The number of nitrogens with zero attached hydrogens (tertiary/aromatic N) is 4. The summed E-state index contributed by atoms with van der Waals surface area (Å²) in [4.78, 5) is 12.8. The number of anilines is 3.